The second-order valence-electron chi connectivity index (χ2n) is 22.3. The monoisotopic (exact) mass is 1100 g/mol. The maximum Gasteiger partial charge on any atom is 0.306 e. The number of aliphatic carboxylic acids is 1. The van der Waals surface area contributed by atoms with Gasteiger partial charge >= 0.3 is 11.9 Å². The van der Waals surface area contributed by atoms with Gasteiger partial charge in [-0.15, -0.1) is 0 Å². The first-order valence-electron chi connectivity index (χ1n) is 32.0. The van der Waals surface area contributed by atoms with Gasteiger partial charge in [-0.05, 0) is 96.3 Å². The van der Waals surface area contributed by atoms with Crippen molar-refractivity contribution in [3.05, 3.63) is 109 Å². The van der Waals surface area contributed by atoms with E-state index < -0.39 is 24.3 Å². The van der Waals surface area contributed by atoms with Crippen LogP contribution in [0.5, 0.6) is 0 Å². The number of unbranched alkanes of at least 4 members (excludes halogenated alkanes) is 25. The van der Waals surface area contributed by atoms with E-state index in [2.05, 4.69) is 123 Å². The minimum absolute atomic E-state index is 0.142. The molecule has 0 aromatic carbocycles. The first-order valence-corrected chi connectivity index (χ1v) is 32.0. The van der Waals surface area contributed by atoms with Crippen LogP contribution in [0.3, 0.4) is 0 Å². The van der Waals surface area contributed by atoms with Crippen molar-refractivity contribution in [2.24, 2.45) is 0 Å². The summed E-state index contributed by atoms with van der Waals surface area (Å²) in [6.07, 6.45) is 80.1. The fraction of sp³-hybridized carbons (Fsp3) is 0.700. The summed E-state index contributed by atoms with van der Waals surface area (Å²) in [6, 6.07) is 0. The lowest BCUT2D eigenvalue weighted by molar-refractivity contribution is -0.870. The van der Waals surface area contributed by atoms with Crippen molar-refractivity contribution in [3.8, 4) is 0 Å². The molecular weight excluding hydrogens is 983 g/mol. The molecule has 0 radical (unpaired) electrons. The third-order valence-corrected chi connectivity index (χ3v) is 13.5. The number of likely N-dealkylation sites (N-methyl/N-ethyl adjacent to an activating group) is 1. The molecule has 0 aliphatic heterocycles. The minimum Gasteiger partial charge on any atom is -0.545 e. The normalized spacial score (nSPS) is 13.5. The third kappa shape index (κ3) is 61.4. The van der Waals surface area contributed by atoms with Gasteiger partial charge in [-0.25, -0.2) is 0 Å². The van der Waals surface area contributed by atoms with E-state index in [4.69, 9.17) is 18.9 Å². The molecule has 0 aliphatic carbocycles. The summed E-state index contributed by atoms with van der Waals surface area (Å²) in [5.41, 5.74) is 0. The Morgan fingerprint density at radius 2 is 0.684 bits per heavy atom. The zero-order valence-electron chi connectivity index (χ0n) is 51.5. The smallest absolute Gasteiger partial charge is 0.306 e. The van der Waals surface area contributed by atoms with Crippen molar-refractivity contribution in [3.63, 3.8) is 0 Å². The first-order chi connectivity index (χ1) is 38.6. The van der Waals surface area contributed by atoms with Gasteiger partial charge in [0.25, 0.3) is 0 Å². The van der Waals surface area contributed by atoms with Crippen LogP contribution in [0, 0.1) is 0 Å². The Labute approximate surface area is 485 Å². The predicted octanol–water partition coefficient (Wildman–Crippen LogP) is 18.1. The van der Waals surface area contributed by atoms with Gasteiger partial charge in [0.2, 0.25) is 0 Å². The molecule has 0 fully saturated rings. The van der Waals surface area contributed by atoms with E-state index in [1.165, 1.54) is 103 Å². The highest BCUT2D eigenvalue weighted by Gasteiger charge is 2.22. The number of carbonyl (C=O) groups excluding carboxylic acids is 3. The average molecular weight is 1100 g/mol. The van der Waals surface area contributed by atoms with Crippen molar-refractivity contribution in [1.29, 1.82) is 0 Å². The van der Waals surface area contributed by atoms with Crippen molar-refractivity contribution in [2.45, 2.75) is 270 Å². The van der Waals surface area contributed by atoms with E-state index in [0.717, 1.165) is 122 Å². The molecule has 2 atom stereocenters. The van der Waals surface area contributed by atoms with Crippen LogP contribution in [0.25, 0.3) is 0 Å². The predicted molar refractivity (Wildman–Crippen MR) is 333 cm³/mol. The topological polar surface area (TPSA) is 111 Å². The standard InChI is InChI=1S/C70H119NO8/c1-6-8-10-12-14-16-18-20-22-24-26-27-28-29-30-31-32-33-34-35-36-37-38-39-40-41-43-45-47-49-51-53-55-57-59-61-68(73)79-66(65-78-70(69(74)75)76-63-62-71(3,4)5)64-77-67(72)60-58-56-54-52-50-48-46-44-42-25-23-21-19-17-15-13-11-9-7-2/h8-11,14-17,20-23,26-27,29-30,42,44,66,70H,6-7,12-13,18-19,24-25,28,31-41,43,45-65H2,1-5H3/b10-8-,11-9-,16-14-,17-15-,22-20-,23-21-,27-26-,30-29-,44-42-. The van der Waals surface area contributed by atoms with Crippen molar-refractivity contribution >= 4 is 17.9 Å². The van der Waals surface area contributed by atoms with Crippen LogP contribution in [0.4, 0.5) is 0 Å². The third-order valence-electron chi connectivity index (χ3n) is 13.5. The first kappa shape index (κ1) is 75.0. The van der Waals surface area contributed by atoms with Gasteiger partial charge < -0.3 is 33.3 Å². The molecule has 452 valence electrons. The Kier molecular flexibility index (Phi) is 57.0. The van der Waals surface area contributed by atoms with Gasteiger partial charge in [0, 0.05) is 12.8 Å². The van der Waals surface area contributed by atoms with Gasteiger partial charge in [-0.2, -0.15) is 0 Å². The maximum atomic E-state index is 12.9. The largest absolute Gasteiger partial charge is 0.545 e. The quantitative estimate of drug-likeness (QED) is 0.0195. The molecule has 9 heteroatoms. The number of esters is 2. The van der Waals surface area contributed by atoms with Crippen LogP contribution in [0.1, 0.15) is 258 Å². The summed E-state index contributed by atoms with van der Waals surface area (Å²) >= 11 is 0. The maximum absolute atomic E-state index is 12.9. The number of allylic oxidation sites excluding steroid dienone is 18. The molecule has 0 aliphatic rings. The van der Waals surface area contributed by atoms with E-state index >= 15 is 0 Å². The number of hydrogen-bond donors (Lipinski definition) is 0. The number of carboxylic acids is 1. The zero-order chi connectivity index (χ0) is 57.6. The lowest BCUT2D eigenvalue weighted by atomic mass is 10.0. The molecule has 0 bridgehead atoms. The fourth-order valence-electron chi connectivity index (χ4n) is 8.67. The van der Waals surface area contributed by atoms with Crippen molar-refractivity contribution in [2.75, 3.05) is 47.5 Å². The Bertz CT molecular complexity index is 1660. The van der Waals surface area contributed by atoms with Gasteiger partial charge in [0.15, 0.2) is 12.4 Å². The molecule has 0 spiro atoms. The molecule has 0 heterocycles. The molecule has 0 saturated carbocycles. The lowest BCUT2D eigenvalue weighted by Gasteiger charge is -2.26. The highest BCUT2D eigenvalue weighted by Crippen LogP contribution is 2.17. The van der Waals surface area contributed by atoms with Crippen LogP contribution in [-0.2, 0) is 33.3 Å². The van der Waals surface area contributed by atoms with E-state index in [1.807, 2.05) is 21.1 Å². The summed E-state index contributed by atoms with van der Waals surface area (Å²) in [7, 11) is 5.92. The molecule has 9 nitrogen and oxygen atoms in total. The Morgan fingerprint density at radius 3 is 1.01 bits per heavy atom. The van der Waals surface area contributed by atoms with Crippen LogP contribution in [-0.4, -0.2) is 82.3 Å². The van der Waals surface area contributed by atoms with Crippen LogP contribution in [0.15, 0.2) is 109 Å². The summed E-state index contributed by atoms with van der Waals surface area (Å²) in [6.45, 7) is 4.51. The summed E-state index contributed by atoms with van der Waals surface area (Å²) in [5, 5.41) is 11.8. The van der Waals surface area contributed by atoms with Crippen molar-refractivity contribution < 1.29 is 42.9 Å². The number of nitrogens with zero attached hydrogens (tertiary/aromatic N) is 1. The highest BCUT2D eigenvalue weighted by atomic mass is 16.7. The SMILES string of the molecule is CC/C=C\C/C=C\C/C=C\C/C=C\C/C=C\CCCCCCCCCCCCCCCCCCCCCC(=O)OC(COC(=O)CCCCCCCC/C=C\C/C=C\C/C=C\C/C=C\CC)COC(OCC[N+](C)(C)C)C(=O)[O-]. The lowest BCUT2D eigenvalue weighted by Crippen LogP contribution is -2.44. The van der Waals surface area contributed by atoms with Gasteiger partial charge in [-0.3, -0.25) is 9.59 Å². The van der Waals surface area contributed by atoms with E-state index in [1.54, 1.807) is 0 Å². The zero-order valence-corrected chi connectivity index (χ0v) is 51.5. The number of carboxylic acid groups (broad SMARTS) is 1. The fourth-order valence-corrected chi connectivity index (χ4v) is 8.67. The molecule has 0 aromatic rings. The Hall–Kier alpha value is -4.05. The molecule has 0 saturated heterocycles. The number of carbonyl (C=O) groups is 3. The number of rotatable bonds is 58. The van der Waals surface area contributed by atoms with Gasteiger partial charge in [0.05, 0.1) is 40.3 Å². The van der Waals surface area contributed by atoms with Crippen LogP contribution < -0.4 is 5.11 Å². The summed E-state index contributed by atoms with van der Waals surface area (Å²) in [5.74, 6) is -2.30. The summed E-state index contributed by atoms with van der Waals surface area (Å²) < 4.78 is 22.7. The van der Waals surface area contributed by atoms with E-state index in [0.29, 0.717) is 17.4 Å². The molecule has 0 rings (SSSR count). The molecule has 0 aromatic heterocycles. The second kappa shape index (κ2) is 60.1. The van der Waals surface area contributed by atoms with E-state index in [-0.39, 0.29) is 38.6 Å². The number of quaternary nitrogens is 1. The van der Waals surface area contributed by atoms with E-state index in [9.17, 15) is 19.5 Å². The highest BCUT2D eigenvalue weighted by molar-refractivity contribution is 5.70. The molecular formula is C70H119NO8. The molecule has 0 amide bonds. The number of hydrogen-bond acceptors (Lipinski definition) is 8. The molecule has 2 unspecified atom stereocenters. The minimum atomic E-state index is -1.63. The van der Waals surface area contributed by atoms with Crippen LogP contribution >= 0.6 is 0 Å². The van der Waals surface area contributed by atoms with Crippen molar-refractivity contribution in [1.82, 2.24) is 0 Å². The van der Waals surface area contributed by atoms with Crippen LogP contribution in [0.2, 0.25) is 0 Å². The number of ether oxygens (including phenoxy) is 4. The Balaban J connectivity index is 4.11. The molecule has 79 heavy (non-hydrogen) atoms. The average Bonchev–Trinajstić information content (AvgIpc) is 3.42. The molecule has 0 N–H and O–H groups in total. The van der Waals surface area contributed by atoms with Gasteiger partial charge in [0.1, 0.15) is 13.2 Å². The van der Waals surface area contributed by atoms with Gasteiger partial charge in [-0.1, -0.05) is 258 Å². The second-order valence-corrected chi connectivity index (χ2v) is 22.3. The summed E-state index contributed by atoms with van der Waals surface area (Å²) in [4.78, 5) is 37.4. The Morgan fingerprint density at radius 1 is 0.380 bits per heavy atom.